The molecule has 7 nitrogen and oxygen atoms in total. The normalized spacial score (nSPS) is 10.6. The number of hydrogen-bond donors (Lipinski definition) is 1. The average Bonchev–Trinajstić information content (AvgIpc) is 2.69. The van der Waals surface area contributed by atoms with Crippen molar-refractivity contribution in [2.45, 2.75) is 26.7 Å². The molecule has 2 N–H and O–H groups in total. The fourth-order valence-electron chi connectivity index (χ4n) is 2.14. The molecule has 0 unspecified atom stereocenters. The Kier molecular flexibility index (Phi) is 4.11. The van der Waals surface area contributed by atoms with Crippen molar-refractivity contribution in [1.82, 2.24) is 9.78 Å². The summed E-state index contributed by atoms with van der Waals surface area (Å²) >= 11 is 0. The number of anilines is 1. The highest BCUT2D eigenvalue weighted by molar-refractivity contribution is 5.52. The number of benzene rings is 1. The van der Waals surface area contributed by atoms with Crippen LogP contribution in [0.4, 0.5) is 11.4 Å². The Balaban J connectivity index is 2.45. The first-order valence-electron chi connectivity index (χ1n) is 6.68. The van der Waals surface area contributed by atoms with E-state index in [-0.39, 0.29) is 11.6 Å². The first-order chi connectivity index (χ1) is 9.93. The first kappa shape index (κ1) is 14.8. The molecule has 0 atom stereocenters. The number of nitro groups is 1. The van der Waals surface area contributed by atoms with Crippen molar-refractivity contribution in [2.75, 3.05) is 5.73 Å². The van der Waals surface area contributed by atoms with E-state index < -0.39 is 4.92 Å². The number of nitrogen functional groups attached to an aromatic ring is 1. The van der Waals surface area contributed by atoms with Gasteiger partial charge in [0.15, 0.2) is 0 Å². The zero-order valence-corrected chi connectivity index (χ0v) is 12.3. The van der Waals surface area contributed by atoms with Gasteiger partial charge in [-0.2, -0.15) is 5.10 Å². The lowest BCUT2D eigenvalue weighted by molar-refractivity contribution is -0.386. The fraction of sp³-hybridized carbons (Fsp3) is 0.357. The summed E-state index contributed by atoms with van der Waals surface area (Å²) in [5.41, 5.74) is 7.48. The van der Waals surface area contributed by atoms with Crippen LogP contribution in [-0.4, -0.2) is 14.7 Å². The minimum absolute atomic E-state index is 0.0735. The maximum Gasteiger partial charge on any atom is 0.353 e. The van der Waals surface area contributed by atoms with E-state index in [4.69, 9.17) is 10.5 Å². The molecule has 112 valence electrons. The molecule has 0 saturated heterocycles. The van der Waals surface area contributed by atoms with Crippen LogP contribution in [-0.2, 0) is 13.5 Å². The monoisotopic (exact) mass is 290 g/mol. The van der Waals surface area contributed by atoms with Gasteiger partial charge in [0.2, 0.25) is 0 Å². The van der Waals surface area contributed by atoms with Crippen molar-refractivity contribution in [3.8, 4) is 11.6 Å². The lowest BCUT2D eigenvalue weighted by Gasteiger charge is -2.08. The highest BCUT2D eigenvalue weighted by Crippen LogP contribution is 2.35. The van der Waals surface area contributed by atoms with Gasteiger partial charge in [0.25, 0.3) is 5.88 Å². The number of nitrogens with zero attached hydrogens (tertiary/aromatic N) is 3. The summed E-state index contributed by atoms with van der Waals surface area (Å²) in [4.78, 5) is 10.9. The quantitative estimate of drug-likeness (QED) is 0.518. The number of ether oxygens (including phenoxy) is 1. The second-order valence-electron chi connectivity index (χ2n) is 4.86. The van der Waals surface area contributed by atoms with E-state index in [0.29, 0.717) is 23.6 Å². The van der Waals surface area contributed by atoms with E-state index in [9.17, 15) is 10.1 Å². The van der Waals surface area contributed by atoms with E-state index in [1.165, 1.54) is 4.68 Å². The highest BCUT2D eigenvalue weighted by atomic mass is 16.6. The van der Waals surface area contributed by atoms with Crippen molar-refractivity contribution < 1.29 is 9.66 Å². The van der Waals surface area contributed by atoms with Crippen LogP contribution in [0.25, 0.3) is 0 Å². The standard InChI is InChI=1S/C14H18N4O3/c1-4-5-11-13(18(19)20)14(17(3)16-11)21-12-7-6-10(15)8-9(12)2/h6-8H,4-5,15H2,1-3H3. The molecule has 7 heteroatoms. The van der Waals surface area contributed by atoms with Gasteiger partial charge in [0.05, 0.1) is 4.92 Å². The summed E-state index contributed by atoms with van der Waals surface area (Å²) in [6.45, 7) is 3.78. The third-order valence-electron chi connectivity index (χ3n) is 3.12. The van der Waals surface area contributed by atoms with E-state index in [0.717, 1.165) is 12.0 Å². The number of aromatic nitrogens is 2. The molecule has 0 aliphatic rings. The Bertz CT molecular complexity index is 679. The lowest BCUT2D eigenvalue weighted by atomic mass is 10.2. The summed E-state index contributed by atoms with van der Waals surface area (Å²) in [6, 6.07) is 5.14. The van der Waals surface area contributed by atoms with Gasteiger partial charge in [0.1, 0.15) is 11.4 Å². The minimum Gasteiger partial charge on any atom is -0.434 e. The molecule has 21 heavy (non-hydrogen) atoms. The van der Waals surface area contributed by atoms with Crippen LogP contribution in [0, 0.1) is 17.0 Å². The second-order valence-corrected chi connectivity index (χ2v) is 4.86. The molecule has 0 radical (unpaired) electrons. The van der Waals surface area contributed by atoms with Crippen LogP contribution >= 0.6 is 0 Å². The lowest BCUT2D eigenvalue weighted by Crippen LogP contribution is -1.99. The Morgan fingerprint density at radius 3 is 2.76 bits per heavy atom. The highest BCUT2D eigenvalue weighted by Gasteiger charge is 2.28. The molecule has 0 aliphatic heterocycles. The topological polar surface area (TPSA) is 96.2 Å². The number of nitrogens with two attached hydrogens (primary N) is 1. The number of hydrogen-bond acceptors (Lipinski definition) is 5. The third kappa shape index (κ3) is 2.96. The largest absolute Gasteiger partial charge is 0.434 e. The Hall–Kier alpha value is -2.57. The molecule has 0 aliphatic carbocycles. The van der Waals surface area contributed by atoms with Gasteiger partial charge >= 0.3 is 5.69 Å². The Labute approximate surface area is 122 Å². The number of aryl methyl sites for hydroxylation is 3. The van der Waals surface area contributed by atoms with Crippen molar-refractivity contribution in [2.24, 2.45) is 7.05 Å². The van der Waals surface area contributed by atoms with Crippen LogP contribution in [0.15, 0.2) is 18.2 Å². The van der Waals surface area contributed by atoms with Crippen molar-refractivity contribution in [3.63, 3.8) is 0 Å². The van der Waals surface area contributed by atoms with Crippen LogP contribution in [0.2, 0.25) is 0 Å². The number of rotatable bonds is 5. The van der Waals surface area contributed by atoms with E-state index in [1.54, 1.807) is 25.2 Å². The predicted molar refractivity (Wildman–Crippen MR) is 79.5 cm³/mol. The first-order valence-corrected chi connectivity index (χ1v) is 6.68. The molecular formula is C14H18N4O3. The van der Waals surface area contributed by atoms with Crippen LogP contribution in [0.3, 0.4) is 0 Å². The fourth-order valence-corrected chi connectivity index (χ4v) is 2.14. The maximum absolute atomic E-state index is 11.3. The SMILES string of the molecule is CCCc1nn(C)c(Oc2ccc(N)cc2C)c1[N+](=O)[O-]. The predicted octanol–water partition coefficient (Wildman–Crippen LogP) is 2.96. The van der Waals surface area contributed by atoms with E-state index >= 15 is 0 Å². The molecule has 0 amide bonds. The zero-order chi connectivity index (χ0) is 15.6. The van der Waals surface area contributed by atoms with Gasteiger partial charge in [-0.05, 0) is 37.1 Å². The summed E-state index contributed by atoms with van der Waals surface area (Å²) in [5.74, 6) is 0.662. The molecule has 0 saturated carbocycles. The Morgan fingerprint density at radius 2 is 2.19 bits per heavy atom. The molecule has 1 aromatic heterocycles. The van der Waals surface area contributed by atoms with Crippen LogP contribution in [0.1, 0.15) is 24.6 Å². The summed E-state index contributed by atoms with van der Waals surface area (Å²) < 4.78 is 7.12. The van der Waals surface area contributed by atoms with Crippen LogP contribution < -0.4 is 10.5 Å². The molecule has 2 rings (SSSR count). The Morgan fingerprint density at radius 1 is 1.48 bits per heavy atom. The van der Waals surface area contributed by atoms with Gasteiger partial charge in [-0.25, -0.2) is 4.68 Å². The summed E-state index contributed by atoms with van der Waals surface area (Å²) in [5, 5.41) is 15.5. The summed E-state index contributed by atoms with van der Waals surface area (Å²) in [7, 11) is 1.63. The molecular weight excluding hydrogens is 272 g/mol. The van der Waals surface area contributed by atoms with Gasteiger partial charge in [-0.1, -0.05) is 13.3 Å². The minimum atomic E-state index is -0.444. The van der Waals surface area contributed by atoms with Crippen LogP contribution in [0.5, 0.6) is 11.6 Å². The molecule has 2 aromatic rings. The molecule has 0 spiro atoms. The molecule has 1 heterocycles. The van der Waals surface area contributed by atoms with Gasteiger partial charge in [-0.3, -0.25) is 10.1 Å². The van der Waals surface area contributed by atoms with Gasteiger partial charge < -0.3 is 10.5 Å². The zero-order valence-electron chi connectivity index (χ0n) is 12.3. The van der Waals surface area contributed by atoms with Crippen molar-refractivity contribution >= 4 is 11.4 Å². The molecule has 0 fully saturated rings. The van der Waals surface area contributed by atoms with Gasteiger partial charge in [0, 0.05) is 12.7 Å². The van der Waals surface area contributed by atoms with Gasteiger partial charge in [-0.15, -0.1) is 0 Å². The molecule has 0 bridgehead atoms. The third-order valence-corrected chi connectivity index (χ3v) is 3.12. The molecule has 1 aromatic carbocycles. The van der Waals surface area contributed by atoms with E-state index in [2.05, 4.69) is 5.10 Å². The van der Waals surface area contributed by atoms with E-state index in [1.807, 2.05) is 13.8 Å². The smallest absolute Gasteiger partial charge is 0.353 e. The second kappa shape index (κ2) is 5.82. The maximum atomic E-state index is 11.3. The summed E-state index contributed by atoms with van der Waals surface area (Å²) in [6.07, 6.45) is 1.31. The van der Waals surface area contributed by atoms with Crippen molar-refractivity contribution in [3.05, 3.63) is 39.6 Å². The average molecular weight is 290 g/mol. The van der Waals surface area contributed by atoms with Crippen molar-refractivity contribution in [1.29, 1.82) is 0 Å².